The van der Waals surface area contributed by atoms with E-state index in [0.29, 0.717) is 5.13 Å². The van der Waals surface area contributed by atoms with E-state index in [1.165, 1.54) is 11.3 Å². The lowest BCUT2D eigenvalue weighted by molar-refractivity contribution is -0.141. The molecule has 2 amide bonds. The van der Waals surface area contributed by atoms with Crippen LogP contribution in [0.3, 0.4) is 0 Å². The number of hydrogen-bond donors (Lipinski definition) is 3. The summed E-state index contributed by atoms with van der Waals surface area (Å²) in [4.78, 5) is 28.7. The Morgan fingerprint density at radius 3 is 2.86 bits per heavy atom. The minimum Gasteiger partial charge on any atom is -0.480 e. The van der Waals surface area contributed by atoms with Gasteiger partial charge in [-0.3, -0.25) is 5.32 Å². The fourth-order valence-corrected chi connectivity index (χ4v) is 3.22. The lowest BCUT2D eigenvalue weighted by Crippen LogP contribution is -2.43. The zero-order valence-corrected chi connectivity index (χ0v) is 11.7. The van der Waals surface area contributed by atoms with Crippen LogP contribution in [-0.4, -0.2) is 50.8 Å². The van der Waals surface area contributed by atoms with Crippen LogP contribution in [-0.2, 0) is 4.79 Å². The van der Waals surface area contributed by atoms with Crippen LogP contribution in [0.1, 0.15) is 6.42 Å². The van der Waals surface area contributed by atoms with E-state index in [0.717, 1.165) is 15.1 Å². The van der Waals surface area contributed by atoms with Gasteiger partial charge < -0.3 is 15.1 Å². The SMILES string of the molecule is O=C(O)[C@@H]1C[C@H](O)CN1C(=O)Nc1nc2ccccc2s1. The number of hydrogen-bond acceptors (Lipinski definition) is 5. The summed E-state index contributed by atoms with van der Waals surface area (Å²) in [7, 11) is 0. The first kappa shape index (κ1) is 13.8. The number of rotatable bonds is 2. The Kier molecular flexibility index (Phi) is 3.48. The number of β-amino-alcohol motifs (C(OH)–C–C–N with tert-alkyl or cyclic N) is 1. The van der Waals surface area contributed by atoms with Gasteiger partial charge >= 0.3 is 12.0 Å². The zero-order valence-electron chi connectivity index (χ0n) is 10.9. The summed E-state index contributed by atoms with van der Waals surface area (Å²) in [5, 5.41) is 21.6. The molecule has 1 aromatic carbocycles. The molecule has 0 bridgehead atoms. The Hall–Kier alpha value is -2.19. The van der Waals surface area contributed by atoms with Gasteiger partial charge in [0.2, 0.25) is 0 Å². The van der Waals surface area contributed by atoms with Gasteiger partial charge in [0.1, 0.15) is 6.04 Å². The highest BCUT2D eigenvalue weighted by Gasteiger charge is 2.39. The number of nitrogens with zero attached hydrogens (tertiary/aromatic N) is 2. The number of likely N-dealkylation sites (tertiary alicyclic amines) is 1. The number of aromatic nitrogens is 1. The van der Waals surface area contributed by atoms with E-state index in [4.69, 9.17) is 5.11 Å². The van der Waals surface area contributed by atoms with E-state index in [1.807, 2.05) is 24.3 Å². The van der Waals surface area contributed by atoms with Crippen LogP contribution in [0.5, 0.6) is 0 Å². The lowest BCUT2D eigenvalue weighted by atomic mass is 10.2. The molecule has 0 spiro atoms. The third-order valence-corrected chi connectivity index (χ3v) is 4.28. The van der Waals surface area contributed by atoms with Gasteiger partial charge in [-0.05, 0) is 12.1 Å². The molecule has 2 heterocycles. The number of aliphatic carboxylic acids is 1. The predicted octanol–water partition coefficient (Wildman–Crippen LogP) is 1.35. The summed E-state index contributed by atoms with van der Waals surface area (Å²) < 4.78 is 0.934. The molecule has 1 aliphatic rings. The number of aliphatic hydroxyl groups excluding tert-OH is 1. The Morgan fingerprint density at radius 2 is 2.14 bits per heavy atom. The number of amides is 2. The molecule has 0 radical (unpaired) electrons. The van der Waals surface area contributed by atoms with Crippen molar-refractivity contribution in [2.24, 2.45) is 0 Å². The van der Waals surface area contributed by atoms with Gasteiger partial charge in [-0.25, -0.2) is 14.6 Å². The number of fused-ring (bicyclic) bond motifs is 1. The summed E-state index contributed by atoms with van der Waals surface area (Å²) in [5.41, 5.74) is 0.772. The standard InChI is InChI=1S/C13H13N3O4S/c17-7-5-9(11(18)19)16(6-7)13(20)15-12-14-8-3-1-2-4-10(8)21-12/h1-4,7,9,17H,5-6H2,(H,18,19)(H,14,15,20)/t7-,9-/m0/s1. The van der Waals surface area contributed by atoms with Crippen molar-refractivity contribution in [3.8, 4) is 0 Å². The molecule has 3 rings (SSSR count). The number of anilines is 1. The highest BCUT2D eigenvalue weighted by Crippen LogP contribution is 2.26. The number of carbonyl (C=O) groups is 2. The first-order valence-electron chi connectivity index (χ1n) is 6.38. The smallest absolute Gasteiger partial charge is 0.326 e. The maximum atomic E-state index is 12.2. The molecule has 0 unspecified atom stereocenters. The second kappa shape index (κ2) is 5.30. The Balaban J connectivity index is 1.77. The van der Waals surface area contributed by atoms with E-state index in [1.54, 1.807) is 0 Å². The van der Waals surface area contributed by atoms with Gasteiger partial charge in [-0.15, -0.1) is 0 Å². The van der Waals surface area contributed by atoms with Crippen LogP contribution in [0.2, 0.25) is 0 Å². The molecular formula is C13H13N3O4S. The lowest BCUT2D eigenvalue weighted by Gasteiger charge is -2.20. The molecule has 3 N–H and O–H groups in total. The third-order valence-electron chi connectivity index (χ3n) is 3.33. The van der Waals surface area contributed by atoms with Crippen LogP contribution in [0.4, 0.5) is 9.93 Å². The molecule has 0 aliphatic carbocycles. The quantitative estimate of drug-likeness (QED) is 0.777. The van der Waals surface area contributed by atoms with Crippen molar-refractivity contribution in [2.75, 3.05) is 11.9 Å². The van der Waals surface area contributed by atoms with Gasteiger partial charge in [0.25, 0.3) is 0 Å². The van der Waals surface area contributed by atoms with E-state index >= 15 is 0 Å². The van der Waals surface area contributed by atoms with Gasteiger partial charge in [0, 0.05) is 13.0 Å². The first-order chi connectivity index (χ1) is 10.0. The van der Waals surface area contributed by atoms with Crippen molar-refractivity contribution >= 4 is 38.7 Å². The van der Waals surface area contributed by atoms with Crippen LogP contribution in [0.15, 0.2) is 24.3 Å². The average molecular weight is 307 g/mol. The third kappa shape index (κ3) is 2.67. The molecule has 7 nitrogen and oxygen atoms in total. The molecule has 21 heavy (non-hydrogen) atoms. The van der Waals surface area contributed by atoms with Crippen LogP contribution < -0.4 is 5.32 Å². The number of carboxylic acids is 1. The largest absolute Gasteiger partial charge is 0.480 e. The van der Waals surface area contributed by atoms with E-state index < -0.39 is 24.1 Å². The van der Waals surface area contributed by atoms with Crippen molar-refractivity contribution in [1.29, 1.82) is 0 Å². The van der Waals surface area contributed by atoms with Crippen molar-refractivity contribution in [3.05, 3.63) is 24.3 Å². The number of carbonyl (C=O) groups excluding carboxylic acids is 1. The molecule has 2 atom stereocenters. The molecule has 1 saturated heterocycles. The van der Waals surface area contributed by atoms with E-state index in [2.05, 4.69) is 10.3 Å². The van der Waals surface area contributed by atoms with Crippen molar-refractivity contribution < 1.29 is 19.8 Å². The second-order valence-corrected chi connectivity index (χ2v) is 5.84. The number of urea groups is 1. The molecule has 110 valence electrons. The van der Waals surface area contributed by atoms with Gasteiger partial charge in [0.15, 0.2) is 5.13 Å². The van der Waals surface area contributed by atoms with Crippen molar-refractivity contribution in [3.63, 3.8) is 0 Å². The fourth-order valence-electron chi connectivity index (χ4n) is 2.36. The Labute approximate surface area is 123 Å². The minimum atomic E-state index is -1.12. The Morgan fingerprint density at radius 1 is 1.38 bits per heavy atom. The van der Waals surface area contributed by atoms with E-state index in [9.17, 15) is 14.7 Å². The predicted molar refractivity (Wildman–Crippen MR) is 77.4 cm³/mol. The summed E-state index contributed by atoms with van der Waals surface area (Å²) in [6, 6.07) is 5.89. The van der Waals surface area contributed by atoms with Gasteiger partial charge in [-0.1, -0.05) is 23.5 Å². The molecule has 1 aliphatic heterocycles. The van der Waals surface area contributed by atoms with Crippen LogP contribution in [0.25, 0.3) is 10.2 Å². The summed E-state index contributed by atoms with van der Waals surface area (Å²) in [6.45, 7) is 0.00763. The Bertz CT molecular complexity index is 669. The van der Waals surface area contributed by atoms with Gasteiger partial charge in [-0.2, -0.15) is 0 Å². The highest BCUT2D eigenvalue weighted by molar-refractivity contribution is 7.22. The average Bonchev–Trinajstić information content (AvgIpc) is 3.01. The number of nitrogens with one attached hydrogen (secondary N) is 1. The molecule has 0 saturated carbocycles. The topological polar surface area (TPSA) is 103 Å². The zero-order chi connectivity index (χ0) is 15.0. The van der Waals surface area contributed by atoms with Crippen LogP contribution >= 0.6 is 11.3 Å². The normalized spacial score (nSPS) is 21.7. The molecule has 1 aromatic heterocycles. The minimum absolute atomic E-state index is 0.00763. The number of thiazole rings is 1. The number of aliphatic hydroxyl groups is 1. The summed E-state index contributed by atoms with van der Waals surface area (Å²) >= 11 is 1.32. The highest BCUT2D eigenvalue weighted by atomic mass is 32.1. The molecular weight excluding hydrogens is 294 g/mol. The first-order valence-corrected chi connectivity index (χ1v) is 7.20. The maximum absolute atomic E-state index is 12.2. The van der Waals surface area contributed by atoms with Gasteiger partial charge in [0.05, 0.1) is 16.3 Å². The van der Waals surface area contributed by atoms with Crippen molar-refractivity contribution in [1.82, 2.24) is 9.88 Å². The fraction of sp³-hybridized carbons (Fsp3) is 0.308. The van der Waals surface area contributed by atoms with Crippen LogP contribution in [0, 0.1) is 0 Å². The molecule has 2 aromatic rings. The molecule has 8 heteroatoms. The number of para-hydroxylation sites is 1. The number of benzene rings is 1. The summed E-state index contributed by atoms with van der Waals surface area (Å²) in [5.74, 6) is -1.12. The van der Waals surface area contributed by atoms with E-state index in [-0.39, 0.29) is 13.0 Å². The van der Waals surface area contributed by atoms with Crippen molar-refractivity contribution in [2.45, 2.75) is 18.6 Å². The maximum Gasteiger partial charge on any atom is 0.326 e. The number of carboxylic acid groups (broad SMARTS) is 1. The second-order valence-electron chi connectivity index (χ2n) is 4.81. The molecule has 1 fully saturated rings. The summed E-state index contributed by atoms with van der Waals surface area (Å²) in [6.07, 6.45) is -0.769. The monoisotopic (exact) mass is 307 g/mol.